The van der Waals surface area contributed by atoms with Gasteiger partial charge in [0.1, 0.15) is 6.61 Å². The van der Waals surface area contributed by atoms with E-state index in [0.717, 1.165) is 57.7 Å². The Bertz CT molecular complexity index is 859. The zero-order valence-electron chi connectivity index (χ0n) is 27.8. The van der Waals surface area contributed by atoms with E-state index in [1.54, 1.807) is 0 Å². The molecule has 1 aromatic carbocycles. The molecule has 0 unspecified atom stereocenters. The molecular formula is C33H57N3O10. The molecule has 0 atom stereocenters. The van der Waals surface area contributed by atoms with Gasteiger partial charge in [-0.05, 0) is 12.0 Å². The summed E-state index contributed by atoms with van der Waals surface area (Å²) >= 11 is 0. The lowest BCUT2D eigenvalue weighted by Gasteiger charge is -2.34. The van der Waals surface area contributed by atoms with Crippen LogP contribution in [-0.2, 0) is 49.3 Å². The van der Waals surface area contributed by atoms with E-state index in [2.05, 4.69) is 22.0 Å². The van der Waals surface area contributed by atoms with E-state index in [-0.39, 0.29) is 19.0 Å². The number of nitrogens with one attached hydrogen (secondary N) is 1. The maximum absolute atomic E-state index is 11.7. The Kier molecular flexibility index (Phi) is 25.0. The van der Waals surface area contributed by atoms with Gasteiger partial charge in [0.2, 0.25) is 0 Å². The molecule has 1 saturated heterocycles. The molecule has 13 heteroatoms. The molecule has 0 radical (unpaired) electrons. The molecule has 1 N–H and O–H groups in total. The molecule has 1 aromatic rings. The Labute approximate surface area is 275 Å². The topological polar surface area (TPSA) is 126 Å². The number of benzene rings is 1. The van der Waals surface area contributed by atoms with Gasteiger partial charge in [-0.2, -0.15) is 0 Å². The van der Waals surface area contributed by atoms with Gasteiger partial charge in [-0.3, -0.25) is 14.6 Å². The molecule has 1 fully saturated rings. The molecule has 0 spiro atoms. The van der Waals surface area contributed by atoms with Gasteiger partial charge >= 0.3 is 12.1 Å². The van der Waals surface area contributed by atoms with E-state index >= 15 is 0 Å². The summed E-state index contributed by atoms with van der Waals surface area (Å²) in [6.45, 7) is 15.3. The average molecular weight is 656 g/mol. The molecule has 2 rings (SSSR count). The highest BCUT2D eigenvalue weighted by atomic mass is 16.6. The summed E-state index contributed by atoms with van der Waals surface area (Å²) in [6.07, 6.45) is 1.73. The fourth-order valence-corrected chi connectivity index (χ4v) is 4.27. The van der Waals surface area contributed by atoms with Crippen LogP contribution >= 0.6 is 0 Å². The molecule has 1 heterocycles. The van der Waals surface area contributed by atoms with Gasteiger partial charge in [0.25, 0.3) is 0 Å². The number of hydrogen-bond acceptors (Lipinski definition) is 12. The van der Waals surface area contributed by atoms with Crippen molar-refractivity contribution in [3.05, 3.63) is 35.9 Å². The minimum atomic E-state index is -0.449. The van der Waals surface area contributed by atoms with Gasteiger partial charge < -0.3 is 43.2 Å². The lowest BCUT2D eigenvalue weighted by molar-refractivity contribution is -0.145. The fourth-order valence-electron chi connectivity index (χ4n) is 4.27. The van der Waals surface area contributed by atoms with Crippen molar-refractivity contribution in [1.82, 2.24) is 15.1 Å². The number of amides is 1. The number of unbranched alkanes of at least 4 members (excludes halogenated alkanes) is 1. The minimum absolute atomic E-state index is 0.215. The SMILES string of the molecule is CCCCOC(=O)CCOCCOCCOCCOCCN1CCN(CCOCCOCCNC(=O)OCc2ccccc2)CC1. The maximum atomic E-state index is 11.7. The van der Waals surface area contributed by atoms with Crippen molar-refractivity contribution in [2.75, 3.05) is 132 Å². The second kappa shape index (κ2) is 28.8. The molecule has 1 aliphatic heterocycles. The Morgan fingerprint density at radius 1 is 0.630 bits per heavy atom. The summed E-state index contributed by atoms with van der Waals surface area (Å²) < 4.78 is 43.5. The molecule has 46 heavy (non-hydrogen) atoms. The van der Waals surface area contributed by atoms with Gasteiger partial charge in [0.15, 0.2) is 0 Å². The Hall–Kier alpha value is -2.36. The Balaban J connectivity index is 1.25. The van der Waals surface area contributed by atoms with Crippen molar-refractivity contribution >= 4 is 12.1 Å². The van der Waals surface area contributed by atoms with Crippen LogP contribution < -0.4 is 5.32 Å². The van der Waals surface area contributed by atoms with Crippen molar-refractivity contribution in [2.45, 2.75) is 32.8 Å². The van der Waals surface area contributed by atoms with Crippen molar-refractivity contribution < 1.29 is 47.5 Å². The number of rotatable bonds is 29. The molecular weight excluding hydrogens is 598 g/mol. The molecule has 0 saturated carbocycles. The van der Waals surface area contributed by atoms with E-state index in [0.29, 0.717) is 92.4 Å². The quantitative estimate of drug-likeness (QED) is 0.101. The van der Waals surface area contributed by atoms with Crippen LogP contribution in [-0.4, -0.2) is 154 Å². The number of carbonyl (C=O) groups excluding carboxylic acids is 2. The summed E-state index contributed by atoms with van der Waals surface area (Å²) in [4.78, 5) is 28.0. The largest absolute Gasteiger partial charge is 0.466 e. The number of carbonyl (C=O) groups is 2. The average Bonchev–Trinajstić information content (AvgIpc) is 3.08. The highest BCUT2D eigenvalue weighted by molar-refractivity contribution is 5.69. The van der Waals surface area contributed by atoms with Crippen molar-refractivity contribution in [3.63, 3.8) is 0 Å². The normalized spacial score (nSPS) is 13.9. The second-order valence-corrected chi connectivity index (χ2v) is 10.7. The molecule has 1 amide bonds. The third-order valence-corrected chi connectivity index (χ3v) is 7.00. The lowest BCUT2D eigenvalue weighted by Crippen LogP contribution is -2.48. The van der Waals surface area contributed by atoms with Crippen molar-refractivity contribution in [1.29, 1.82) is 0 Å². The number of alkyl carbamates (subject to hydrolysis) is 1. The first-order valence-corrected chi connectivity index (χ1v) is 16.7. The van der Waals surface area contributed by atoms with Crippen LogP contribution in [0.1, 0.15) is 31.7 Å². The second-order valence-electron chi connectivity index (χ2n) is 10.7. The lowest BCUT2D eigenvalue weighted by atomic mass is 10.2. The smallest absolute Gasteiger partial charge is 0.407 e. The molecule has 1 aliphatic rings. The standard InChI is InChI=1S/C33H57N3O10/c1-2-3-17-45-32(37)9-18-39-22-26-43-28-29-44-27-25-42-21-16-36-13-11-35(12-14-36)15-20-41-24-23-40-19-10-34-33(38)46-30-31-7-5-4-6-8-31/h4-8H,2-3,9-30H2,1H3,(H,34,38). The first kappa shape index (κ1) is 39.8. The van der Waals surface area contributed by atoms with Gasteiger partial charge in [0, 0.05) is 45.8 Å². The molecule has 264 valence electrons. The van der Waals surface area contributed by atoms with E-state index < -0.39 is 6.09 Å². The molecule has 0 aliphatic carbocycles. The summed E-state index contributed by atoms with van der Waals surface area (Å²) in [5.41, 5.74) is 0.950. The zero-order chi connectivity index (χ0) is 32.8. The zero-order valence-corrected chi connectivity index (χ0v) is 27.8. The predicted molar refractivity (Wildman–Crippen MR) is 173 cm³/mol. The van der Waals surface area contributed by atoms with Crippen LogP contribution in [0.4, 0.5) is 4.79 Å². The van der Waals surface area contributed by atoms with Crippen LogP contribution in [0.15, 0.2) is 30.3 Å². The van der Waals surface area contributed by atoms with Gasteiger partial charge in [0.05, 0.1) is 92.3 Å². The third-order valence-electron chi connectivity index (χ3n) is 7.00. The van der Waals surface area contributed by atoms with Gasteiger partial charge in [-0.25, -0.2) is 4.79 Å². The van der Waals surface area contributed by atoms with Crippen molar-refractivity contribution in [3.8, 4) is 0 Å². The van der Waals surface area contributed by atoms with Gasteiger partial charge in [-0.15, -0.1) is 0 Å². The molecule has 0 aromatic heterocycles. The number of esters is 1. The van der Waals surface area contributed by atoms with E-state index in [1.165, 1.54) is 0 Å². The number of ether oxygens (including phenoxy) is 8. The van der Waals surface area contributed by atoms with Crippen LogP contribution in [0.3, 0.4) is 0 Å². The minimum Gasteiger partial charge on any atom is -0.466 e. The monoisotopic (exact) mass is 655 g/mol. The van der Waals surface area contributed by atoms with E-state index in [4.69, 9.17) is 37.9 Å². The van der Waals surface area contributed by atoms with E-state index in [1.807, 2.05) is 30.3 Å². The highest BCUT2D eigenvalue weighted by Gasteiger charge is 2.16. The molecule has 13 nitrogen and oxygen atoms in total. The van der Waals surface area contributed by atoms with Crippen LogP contribution in [0, 0.1) is 0 Å². The first-order chi connectivity index (χ1) is 22.7. The number of hydrogen-bond donors (Lipinski definition) is 1. The summed E-state index contributed by atoms with van der Waals surface area (Å²) in [5, 5.41) is 2.68. The maximum Gasteiger partial charge on any atom is 0.407 e. The number of piperazine rings is 1. The third kappa shape index (κ3) is 23.0. The van der Waals surface area contributed by atoms with Crippen molar-refractivity contribution in [2.24, 2.45) is 0 Å². The Morgan fingerprint density at radius 3 is 1.67 bits per heavy atom. The summed E-state index contributed by atoms with van der Waals surface area (Å²) in [7, 11) is 0. The Morgan fingerprint density at radius 2 is 1.13 bits per heavy atom. The van der Waals surface area contributed by atoms with Crippen LogP contribution in [0.5, 0.6) is 0 Å². The van der Waals surface area contributed by atoms with E-state index in [9.17, 15) is 9.59 Å². The number of nitrogens with zero attached hydrogens (tertiary/aromatic N) is 2. The fraction of sp³-hybridized carbons (Fsp3) is 0.758. The predicted octanol–water partition coefficient (Wildman–Crippen LogP) is 2.36. The van der Waals surface area contributed by atoms with Gasteiger partial charge in [-0.1, -0.05) is 43.7 Å². The highest BCUT2D eigenvalue weighted by Crippen LogP contribution is 2.02. The summed E-state index contributed by atoms with van der Waals surface area (Å²) in [5.74, 6) is -0.215. The summed E-state index contributed by atoms with van der Waals surface area (Å²) in [6, 6.07) is 9.56. The molecule has 0 bridgehead atoms. The van der Waals surface area contributed by atoms with Crippen LogP contribution in [0.2, 0.25) is 0 Å². The van der Waals surface area contributed by atoms with Crippen LogP contribution in [0.25, 0.3) is 0 Å². The first-order valence-electron chi connectivity index (χ1n) is 16.7.